The second-order valence-electron chi connectivity index (χ2n) is 4.51. The summed E-state index contributed by atoms with van der Waals surface area (Å²) < 4.78 is 10.3. The van der Waals surface area contributed by atoms with Gasteiger partial charge in [0.05, 0.1) is 18.8 Å². The summed E-state index contributed by atoms with van der Waals surface area (Å²) in [4.78, 5) is 0. The number of hydrogen-bond donors (Lipinski definition) is 2. The van der Waals surface area contributed by atoms with Crippen LogP contribution < -0.4 is 16.0 Å². The molecule has 6 heteroatoms. The lowest BCUT2D eigenvalue weighted by Gasteiger charge is -2.25. The third kappa shape index (κ3) is 3.38. The van der Waals surface area contributed by atoms with Crippen molar-refractivity contribution in [1.82, 2.24) is 15.6 Å². The number of nitrogens with two attached hydrogens (primary N) is 1. The lowest BCUT2D eigenvalue weighted by Crippen LogP contribution is -2.31. The van der Waals surface area contributed by atoms with Crippen LogP contribution in [-0.2, 0) is 4.74 Å². The van der Waals surface area contributed by atoms with Crippen LogP contribution in [0.4, 0.5) is 0 Å². The maximum absolute atomic E-state index is 5.61. The molecule has 0 aliphatic carbocycles. The van der Waals surface area contributed by atoms with Crippen LogP contribution in [0, 0.1) is 5.92 Å². The van der Waals surface area contributed by atoms with E-state index in [9.17, 15) is 0 Å². The van der Waals surface area contributed by atoms with Crippen LogP contribution in [0.15, 0.2) is 12.1 Å². The zero-order valence-corrected chi connectivity index (χ0v) is 10.6. The molecule has 0 bridgehead atoms. The molecular weight excluding hydrogens is 232 g/mol. The van der Waals surface area contributed by atoms with Crippen molar-refractivity contribution in [3.05, 3.63) is 17.8 Å². The summed E-state index contributed by atoms with van der Waals surface area (Å²) in [6.07, 6.45) is 3.13. The Morgan fingerprint density at radius 1 is 1.44 bits per heavy atom. The van der Waals surface area contributed by atoms with Crippen molar-refractivity contribution in [2.45, 2.75) is 25.3 Å². The van der Waals surface area contributed by atoms with E-state index in [-0.39, 0.29) is 6.04 Å². The molecule has 1 atom stereocenters. The van der Waals surface area contributed by atoms with E-state index < -0.39 is 0 Å². The Balaban J connectivity index is 1.97. The molecule has 0 saturated carbocycles. The molecule has 0 aromatic carbocycles. The number of rotatable bonds is 5. The molecule has 2 heterocycles. The van der Waals surface area contributed by atoms with Crippen molar-refractivity contribution >= 4 is 0 Å². The number of hydrogen-bond acceptors (Lipinski definition) is 6. The van der Waals surface area contributed by atoms with Gasteiger partial charge in [-0.25, -0.2) is 0 Å². The fourth-order valence-corrected chi connectivity index (χ4v) is 2.21. The highest BCUT2D eigenvalue weighted by atomic mass is 16.5. The maximum atomic E-state index is 5.61. The lowest BCUT2D eigenvalue weighted by atomic mass is 9.91. The van der Waals surface area contributed by atoms with Crippen LogP contribution in [0.1, 0.15) is 31.0 Å². The van der Waals surface area contributed by atoms with E-state index >= 15 is 0 Å². The molecule has 3 N–H and O–H groups in total. The van der Waals surface area contributed by atoms with Gasteiger partial charge in [-0.2, -0.15) is 5.10 Å². The van der Waals surface area contributed by atoms with Crippen LogP contribution in [0.3, 0.4) is 0 Å². The van der Waals surface area contributed by atoms with E-state index in [4.69, 9.17) is 15.3 Å². The molecule has 2 rings (SSSR count). The molecule has 1 aromatic rings. The molecule has 1 saturated heterocycles. The summed E-state index contributed by atoms with van der Waals surface area (Å²) in [5, 5.41) is 8.10. The first kappa shape index (κ1) is 13.2. The third-order valence-electron chi connectivity index (χ3n) is 3.34. The number of nitrogens with one attached hydrogen (secondary N) is 1. The number of ether oxygens (including phenoxy) is 2. The van der Waals surface area contributed by atoms with Crippen LogP contribution in [0.5, 0.6) is 5.88 Å². The lowest BCUT2D eigenvalue weighted by molar-refractivity contribution is 0.0603. The summed E-state index contributed by atoms with van der Waals surface area (Å²) in [5.41, 5.74) is 3.67. The first-order valence-electron chi connectivity index (χ1n) is 6.25. The number of hydrazine groups is 1. The average molecular weight is 252 g/mol. The molecule has 1 unspecified atom stereocenters. The molecule has 0 amide bonds. The summed E-state index contributed by atoms with van der Waals surface area (Å²) >= 11 is 0. The van der Waals surface area contributed by atoms with Crippen molar-refractivity contribution in [2.24, 2.45) is 11.8 Å². The van der Waals surface area contributed by atoms with Gasteiger partial charge in [-0.3, -0.25) is 11.3 Å². The third-order valence-corrected chi connectivity index (χ3v) is 3.34. The first-order chi connectivity index (χ1) is 8.83. The molecule has 1 aromatic heterocycles. The molecular formula is C12H20N4O2. The molecule has 0 radical (unpaired) electrons. The summed E-state index contributed by atoms with van der Waals surface area (Å²) in [7, 11) is 1.57. The molecule has 1 fully saturated rings. The second-order valence-corrected chi connectivity index (χ2v) is 4.51. The molecule has 6 nitrogen and oxygen atoms in total. The van der Waals surface area contributed by atoms with Crippen molar-refractivity contribution < 1.29 is 9.47 Å². The summed E-state index contributed by atoms with van der Waals surface area (Å²) in [6.45, 7) is 1.69. The van der Waals surface area contributed by atoms with Gasteiger partial charge in [-0.1, -0.05) is 0 Å². The predicted molar refractivity (Wildman–Crippen MR) is 66.8 cm³/mol. The van der Waals surface area contributed by atoms with Gasteiger partial charge in [0.25, 0.3) is 0 Å². The van der Waals surface area contributed by atoms with E-state index in [1.54, 1.807) is 13.2 Å². The highest BCUT2D eigenvalue weighted by Crippen LogP contribution is 2.26. The minimum absolute atomic E-state index is 0.0338. The number of nitrogens with zero attached hydrogens (tertiary/aromatic N) is 2. The number of methoxy groups -OCH3 is 1. The zero-order valence-electron chi connectivity index (χ0n) is 10.6. The van der Waals surface area contributed by atoms with Crippen molar-refractivity contribution in [1.29, 1.82) is 0 Å². The van der Waals surface area contributed by atoms with Gasteiger partial charge in [-0.05, 0) is 31.2 Å². The Morgan fingerprint density at radius 3 is 2.78 bits per heavy atom. The van der Waals surface area contributed by atoms with Gasteiger partial charge >= 0.3 is 0 Å². The van der Waals surface area contributed by atoms with E-state index in [1.165, 1.54) is 0 Å². The zero-order chi connectivity index (χ0) is 12.8. The molecule has 100 valence electrons. The van der Waals surface area contributed by atoms with Gasteiger partial charge in [0.1, 0.15) is 0 Å². The van der Waals surface area contributed by atoms with E-state index in [1.807, 2.05) is 6.07 Å². The molecule has 18 heavy (non-hydrogen) atoms. The summed E-state index contributed by atoms with van der Waals surface area (Å²) in [5.74, 6) is 6.76. The van der Waals surface area contributed by atoms with Crippen LogP contribution in [-0.4, -0.2) is 30.5 Å². The highest BCUT2D eigenvalue weighted by molar-refractivity contribution is 5.14. The Morgan fingerprint density at radius 2 is 2.22 bits per heavy atom. The van der Waals surface area contributed by atoms with E-state index in [2.05, 4.69) is 15.6 Å². The predicted octanol–water partition coefficient (Wildman–Crippen LogP) is 0.806. The first-order valence-corrected chi connectivity index (χ1v) is 6.25. The Bertz CT molecular complexity index is 352. The van der Waals surface area contributed by atoms with Gasteiger partial charge in [0, 0.05) is 19.3 Å². The largest absolute Gasteiger partial charge is 0.480 e. The Labute approximate surface area is 107 Å². The van der Waals surface area contributed by atoms with E-state index in [0.717, 1.165) is 38.2 Å². The Kier molecular flexibility index (Phi) is 4.86. The topological polar surface area (TPSA) is 82.3 Å². The van der Waals surface area contributed by atoms with Gasteiger partial charge in [-0.15, -0.1) is 5.10 Å². The van der Waals surface area contributed by atoms with Crippen molar-refractivity contribution in [3.63, 3.8) is 0 Å². The van der Waals surface area contributed by atoms with Gasteiger partial charge in [0.15, 0.2) is 0 Å². The quantitative estimate of drug-likeness (QED) is 0.596. The molecule has 0 spiro atoms. The second kappa shape index (κ2) is 6.63. The average Bonchev–Trinajstić information content (AvgIpc) is 2.46. The smallest absolute Gasteiger partial charge is 0.233 e. The fraction of sp³-hybridized carbons (Fsp3) is 0.667. The molecule has 1 aliphatic heterocycles. The van der Waals surface area contributed by atoms with Crippen LogP contribution in [0.25, 0.3) is 0 Å². The maximum Gasteiger partial charge on any atom is 0.233 e. The molecule has 1 aliphatic rings. The van der Waals surface area contributed by atoms with Crippen LogP contribution >= 0.6 is 0 Å². The van der Waals surface area contributed by atoms with Gasteiger partial charge < -0.3 is 9.47 Å². The fourth-order valence-electron chi connectivity index (χ4n) is 2.21. The summed E-state index contributed by atoms with van der Waals surface area (Å²) in [6, 6.07) is 3.73. The number of aromatic nitrogens is 2. The minimum Gasteiger partial charge on any atom is -0.480 e. The normalized spacial score (nSPS) is 18.6. The van der Waals surface area contributed by atoms with Crippen molar-refractivity contribution in [2.75, 3.05) is 20.3 Å². The monoisotopic (exact) mass is 252 g/mol. The Hall–Kier alpha value is -1.24. The van der Waals surface area contributed by atoms with E-state index in [0.29, 0.717) is 11.8 Å². The van der Waals surface area contributed by atoms with Crippen LogP contribution in [0.2, 0.25) is 0 Å². The SMILES string of the molecule is COc1ccc(C(CC2CCOCC2)NN)nn1. The van der Waals surface area contributed by atoms with Crippen molar-refractivity contribution in [3.8, 4) is 5.88 Å². The minimum atomic E-state index is 0.0338. The standard InChI is InChI=1S/C12H20N4O2/c1-17-12-3-2-10(15-16-12)11(14-13)8-9-4-6-18-7-5-9/h2-3,9,11,14H,4-8,13H2,1H3. The highest BCUT2D eigenvalue weighted by Gasteiger charge is 2.20. The van der Waals surface area contributed by atoms with Gasteiger partial charge in [0.2, 0.25) is 5.88 Å².